The predicted molar refractivity (Wildman–Crippen MR) is 142 cm³/mol. The second-order valence-corrected chi connectivity index (χ2v) is 11.5. The summed E-state index contributed by atoms with van der Waals surface area (Å²) in [6.45, 7) is 8.15. The van der Waals surface area contributed by atoms with Gasteiger partial charge in [0.25, 0.3) is 5.91 Å². The van der Waals surface area contributed by atoms with E-state index in [0.29, 0.717) is 33.9 Å². The standard InChI is InChI=1S/C23H32Cl3N5O3S/c24-18-11-20(26)21(12-19(18)25)34-16-23(33)31-8-7-30(14-17(31)13-28-4-1-2-5-28)35-10-9-29-6-3-27-22(32)15-29/h11-12,17H,1-10,13-16H2,(H,27,32)/t17-/m0/s1. The number of nitrogens with zero attached hydrogens (tertiary/aromatic N) is 4. The molecule has 2 amide bonds. The van der Waals surface area contributed by atoms with E-state index in [1.54, 1.807) is 6.07 Å². The normalized spacial score (nSPS) is 22.4. The van der Waals surface area contributed by atoms with Gasteiger partial charge in [-0.05, 0) is 32.0 Å². The minimum Gasteiger partial charge on any atom is -0.482 e. The third-order valence-corrected chi connectivity index (χ3v) is 8.64. The van der Waals surface area contributed by atoms with Gasteiger partial charge in [-0.1, -0.05) is 46.8 Å². The minimum absolute atomic E-state index is 0.0553. The van der Waals surface area contributed by atoms with Gasteiger partial charge in [-0.3, -0.25) is 14.5 Å². The van der Waals surface area contributed by atoms with Crippen molar-refractivity contribution in [3.8, 4) is 5.75 Å². The van der Waals surface area contributed by atoms with Gasteiger partial charge in [0.1, 0.15) is 5.75 Å². The summed E-state index contributed by atoms with van der Waals surface area (Å²) >= 11 is 20.1. The van der Waals surface area contributed by atoms with Crippen molar-refractivity contribution in [2.75, 3.05) is 77.8 Å². The van der Waals surface area contributed by atoms with Crippen LogP contribution in [0.15, 0.2) is 12.1 Å². The molecule has 3 aliphatic rings. The molecule has 1 aromatic rings. The summed E-state index contributed by atoms with van der Waals surface area (Å²) in [5.41, 5.74) is 0. The number of rotatable bonds is 9. The molecule has 1 aromatic carbocycles. The van der Waals surface area contributed by atoms with Crippen molar-refractivity contribution in [2.45, 2.75) is 18.9 Å². The number of piperazine rings is 2. The van der Waals surface area contributed by atoms with Crippen molar-refractivity contribution < 1.29 is 14.3 Å². The molecule has 3 heterocycles. The molecule has 3 fully saturated rings. The molecule has 1 atom stereocenters. The molecule has 0 spiro atoms. The summed E-state index contributed by atoms with van der Waals surface area (Å²) in [6, 6.07) is 3.16. The smallest absolute Gasteiger partial charge is 0.260 e. The first-order valence-electron chi connectivity index (χ1n) is 12.0. The van der Waals surface area contributed by atoms with Crippen molar-refractivity contribution in [2.24, 2.45) is 0 Å². The van der Waals surface area contributed by atoms with E-state index in [1.807, 2.05) is 16.8 Å². The SMILES string of the molecule is O=C1CN(CCSN2CCN(C(=O)COc3cc(Cl)c(Cl)cc3Cl)[C@@H](CN3CCCC3)C2)CCN1. The molecule has 0 saturated carbocycles. The fourth-order valence-corrected chi connectivity index (χ4v) is 6.39. The first kappa shape index (κ1) is 27.1. The minimum atomic E-state index is -0.0989. The van der Waals surface area contributed by atoms with Crippen molar-refractivity contribution in [3.63, 3.8) is 0 Å². The van der Waals surface area contributed by atoms with Crippen LogP contribution in [-0.2, 0) is 9.59 Å². The predicted octanol–water partition coefficient (Wildman–Crippen LogP) is 2.71. The molecule has 0 bridgehead atoms. The van der Waals surface area contributed by atoms with Crippen molar-refractivity contribution >= 4 is 58.6 Å². The number of amides is 2. The molecule has 0 unspecified atom stereocenters. The number of nitrogens with one attached hydrogen (secondary N) is 1. The van der Waals surface area contributed by atoms with Crippen LogP contribution in [0.25, 0.3) is 0 Å². The highest BCUT2D eigenvalue weighted by atomic mass is 35.5. The fraction of sp³-hybridized carbons (Fsp3) is 0.652. The lowest BCUT2D eigenvalue weighted by atomic mass is 10.1. The number of ether oxygens (including phenoxy) is 1. The average Bonchev–Trinajstić information content (AvgIpc) is 3.34. The van der Waals surface area contributed by atoms with Gasteiger partial charge < -0.3 is 19.9 Å². The largest absolute Gasteiger partial charge is 0.482 e. The Balaban J connectivity index is 1.31. The Morgan fingerprint density at radius 2 is 1.80 bits per heavy atom. The van der Waals surface area contributed by atoms with Crippen molar-refractivity contribution in [1.29, 1.82) is 0 Å². The zero-order valence-corrected chi connectivity index (χ0v) is 22.8. The van der Waals surface area contributed by atoms with Crippen molar-refractivity contribution in [1.82, 2.24) is 24.3 Å². The van der Waals surface area contributed by atoms with Crippen LogP contribution >= 0.6 is 46.8 Å². The highest BCUT2D eigenvalue weighted by Gasteiger charge is 2.33. The zero-order valence-electron chi connectivity index (χ0n) is 19.7. The highest BCUT2D eigenvalue weighted by Crippen LogP contribution is 2.34. The topological polar surface area (TPSA) is 68.4 Å². The lowest BCUT2D eigenvalue weighted by Gasteiger charge is -2.42. The molecule has 0 radical (unpaired) electrons. The third-order valence-electron chi connectivity index (χ3n) is 6.56. The fourth-order valence-electron chi connectivity index (χ4n) is 4.71. The lowest BCUT2D eigenvalue weighted by molar-refractivity contribution is -0.137. The molecule has 0 aromatic heterocycles. The number of likely N-dealkylation sites (tertiary alicyclic amines) is 1. The summed E-state index contributed by atoms with van der Waals surface area (Å²) in [5, 5.41) is 3.87. The van der Waals surface area contributed by atoms with E-state index in [1.165, 1.54) is 18.9 Å². The van der Waals surface area contributed by atoms with Crippen LogP contribution in [0.1, 0.15) is 12.8 Å². The first-order chi connectivity index (χ1) is 16.9. The summed E-state index contributed by atoms with van der Waals surface area (Å²) in [5.74, 6) is 1.33. The molecule has 3 aliphatic heterocycles. The Bertz CT molecular complexity index is 905. The number of benzene rings is 1. The average molecular weight is 565 g/mol. The van der Waals surface area contributed by atoms with E-state index in [4.69, 9.17) is 39.5 Å². The third kappa shape index (κ3) is 7.77. The van der Waals surface area contributed by atoms with E-state index in [9.17, 15) is 9.59 Å². The van der Waals surface area contributed by atoms with E-state index in [2.05, 4.69) is 19.4 Å². The number of halogens is 3. The zero-order chi connectivity index (χ0) is 24.8. The van der Waals surface area contributed by atoms with Gasteiger partial charge in [0.2, 0.25) is 5.91 Å². The van der Waals surface area contributed by atoms with Crippen LogP contribution in [0.5, 0.6) is 5.75 Å². The van der Waals surface area contributed by atoms with Gasteiger partial charge in [-0.25, -0.2) is 4.31 Å². The Morgan fingerprint density at radius 1 is 1.03 bits per heavy atom. The quantitative estimate of drug-likeness (QED) is 0.365. The first-order valence-corrected chi connectivity index (χ1v) is 14.1. The number of hydrogen-bond acceptors (Lipinski definition) is 7. The van der Waals surface area contributed by atoms with Gasteiger partial charge in [-0.15, -0.1) is 0 Å². The Kier molecular flexibility index (Phi) is 10.1. The van der Waals surface area contributed by atoms with E-state index in [-0.39, 0.29) is 24.5 Å². The van der Waals surface area contributed by atoms with Crippen LogP contribution in [0.4, 0.5) is 0 Å². The molecule has 12 heteroatoms. The molecular formula is C23H32Cl3N5O3S. The van der Waals surface area contributed by atoms with Gasteiger partial charge in [-0.2, -0.15) is 0 Å². The maximum absolute atomic E-state index is 13.2. The van der Waals surface area contributed by atoms with Crippen LogP contribution in [0, 0.1) is 0 Å². The Labute approximate surface area is 226 Å². The van der Waals surface area contributed by atoms with Gasteiger partial charge in [0, 0.05) is 57.6 Å². The molecule has 4 rings (SSSR count). The lowest BCUT2D eigenvalue weighted by Crippen LogP contribution is -2.58. The molecular weight excluding hydrogens is 533 g/mol. The van der Waals surface area contributed by atoms with E-state index >= 15 is 0 Å². The van der Waals surface area contributed by atoms with Gasteiger partial charge in [0.15, 0.2) is 6.61 Å². The van der Waals surface area contributed by atoms with Gasteiger partial charge >= 0.3 is 0 Å². The molecule has 35 heavy (non-hydrogen) atoms. The maximum Gasteiger partial charge on any atom is 0.260 e. The van der Waals surface area contributed by atoms with Crippen LogP contribution in [-0.4, -0.2) is 115 Å². The summed E-state index contributed by atoms with van der Waals surface area (Å²) < 4.78 is 8.10. The highest BCUT2D eigenvalue weighted by molar-refractivity contribution is 7.97. The molecule has 1 N–H and O–H groups in total. The molecule has 194 valence electrons. The summed E-state index contributed by atoms with van der Waals surface area (Å²) in [4.78, 5) is 31.4. The number of carbonyl (C=O) groups excluding carboxylic acids is 2. The van der Waals surface area contributed by atoms with Crippen molar-refractivity contribution in [3.05, 3.63) is 27.2 Å². The second kappa shape index (κ2) is 13.0. The summed E-state index contributed by atoms with van der Waals surface area (Å²) in [6.07, 6.45) is 2.42. The van der Waals surface area contributed by atoms with Crippen LogP contribution in [0.3, 0.4) is 0 Å². The Hall–Kier alpha value is -0.940. The molecule has 8 nitrogen and oxygen atoms in total. The monoisotopic (exact) mass is 563 g/mol. The number of hydrogen-bond donors (Lipinski definition) is 1. The summed E-state index contributed by atoms with van der Waals surface area (Å²) in [7, 11) is 0. The van der Waals surface area contributed by atoms with Crippen LogP contribution < -0.4 is 10.1 Å². The molecule has 3 saturated heterocycles. The van der Waals surface area contributed by atoms with E-state index in [0.717, 1.165) is 58.1 Å². The second-order valence-electron chi connectivity index (χ2n) is 9.08. The van der Waals surface area contributed by atoms with Gasteiger partial charge in [0.05, 0.1) is 27.7 Å². The number of carbonyl (C=O) groups is 2. The Morgan fingerprint density at radius 3 is 2.57 bits per heavy atom. The van der Waals surface area contributed by atoms with Crippen LogP contribution in [0.2, 0.25) is 15.1 Å². The maximum atomic E-state index is 13.2. The molecule has 0 aliphatic carbocycles. The van der Waals surface area contributed by atoms with E-state index < -0.39 is 0 Å².